The second-order valence-corrected chi connectivity index (χ2v) is 6.85. The van der Waals surface area contributed by atoms with Crippen LogP contribution in [0.2, 0.25) is 0 Å². The van der Waals surface area contributed by atoms with Gasteiger partial charge in [-0.3, -0.25) is 14.4 Å². The van der Waals surface area contributed by atoms with Gasteiger partial charge in [-0.05, 0) is 55.3 Å². The monoisotopic (exact) mass is 417 g/mol. The van der Waals surface area contributed by atoms with Gasteiger partial charge in [0, 0.05) is 22.1 Å². The number of nitrogens with one attached hydrogen (secondary N) is 1. The summed E-state index contributed by atoms with van der Waals surface area (Å²) in [5.41, 5.74) is 3.33. The second kappa shape index (κ2) is 9.29. The zero-order valence-corrected chi connectivity index (χ0v) is 16.3. The van der Waals surface area contributed by atoms with E-state index in [4.69, 9.17) is 4.74 Å². The number of halogens is 1. The molecule has 0 aromatic heterocycles. The fourth-order valence-corrected chi connectivity index (χ4v) is 2.49. The highest BCUT2D eigenvalue weighted by atomic mass is 79.9. The molecule has 0 aliphatic carbocycles. The third kappa shape index (κ3) is 6.11. The number of benzene rings is 2. The van der Waals surface area contributed by atoms with E-state index in [0.29, 0.717) is 11.3 Å². The first-order valence-electron chi connectivity index (χ1n) is 8.16. The first-order chi connectivity index (χ1) is 12.3. The number of hydrogen-bond donors (Lipinski definition) is 1. The number of rotatable bonds is 7. The van der Waals surface area contributed by atoms with E-state index in [0.717, 1.165) is 15.6 Å². The molecule has 0 bridgehead atoms. The third-order valence-electron chi connectivity index (χ3n) is 3.88. The molecule has 0 unspecified atom stereocenters. The zero-order valence-electron chi connectivity index (χ0n) is 14.7. The number of amides is 1. The Kier molecular flexibility index (Phi) is 7.09. The van der Waals surface area contributed by atoms with Gasteiger partial charge >= 0.3 is 5.97 Å². The van der Waals surface area contributed by atoms with Crippen LogP contribution in [0, 0.1) is 13.8 Å². The van der Waals surface area contributed by atoms with E-state index in [1.165, 1.54) is 0 Å². The summed E-state index contributed by atoms with van der Waals surface area (Å²) in [5, 5.41) is 2.62. The fraction of sp³-hybridized carbons (Fsp3) is 0.250. The van der Waals surface area contributed by atoms with E-state index in [9.17, 15) is 14.4 Å². The smallest absolute Gasteiger partial charge is 0.306 e. The van der Waals surface area contributed by atoms with Gasteiger partial charge in [-0.15, -0.1) is 0 Å². The Morgan fingerprint density at radius 2 is 1.65 bits per heavy atom. The summed E-state index contributed by atoms with van der Waals surface area (Å²) in [6, 6.07) is 12.5. The van der Waals surface area contributed by atoms with E-state index in [2.05, 4.69) is 21.2 Å². The summed E-state index contributed by atoms with van der Waals surface area (Å²) in [5.74, 6) is -1.13. The van der Waals surface area contributed by atoms with Crippen LogP contribution in [0.3, 0.4) is 0 Å². The average molecular weight is 418 g/mol. The van der Waals surface area contributed by atoms with Crippen molar-refractivity contribution in [2.75, 3.05) is 11.9 Å². The van der Waals surface area contributed by atoms with Gasteiger partial charge in [0.25, 0.3) is 5.91 Å². The molecule has 2 aromatic rings. The number of ether oxygens (including phenoxy) is 1. The van der Waals surface area contributed by atoms with Crippen LogP contribution >= 0.6 is 15.9 Å². The maximum Gasteiger partial charge on any atom is 0.306 e. The second-order valence-electron chi connectivity index (χ2n) is 5.94. The van der Waals surface area contributed by atoms with Gasteiger partial charge < -0.3 is 10.1 Å². The van der Waals surface area contributed by atoms with Crippen LogP contribution in [0.1, 0.15) is 34.3 Å². The molecule has 0 radical (unpaired) electrons. The van der Waals surface area contributed by atoms with Gasteiger partial charge in [-0.1, -0.05) is 28.1 Å². The van der Waals surface area contributed by atoms with E-state index < -0.39 is 11.9 Å². The van der Waals surface area contributed by atoms with Gasteiger partial charge in [-0.2, -0.15) is 0 Å². The van der Waals surface area contributed by atoms with Crippen LogP contribution in [0.15, 0.2) is 46.9 Å². The third-order valence-corrected chi connectivity index (χ3v) is 4.41. The van der Waals surface area contributed by atoms with Crippen molar-refractivity contribution in [1.29, 1.82) is 0 Å². The Morgan fingerprint density at radius 3 is 2.31 bits per heavy atom. The summed E-state index contributed by atoms with van der Waals surface area (Å²) in [4.78, 5) is 35.6. The molecule has 0 aliphatic rings. The summed E-state index contributed by atoms with van der Waals surface area (Å²) >= 11 is 3.30. The molecule has 6 heteroatoms. The molecule has 0 saturated heterocycles. The minimum Gasteiger partial charge on any atom is -0.456 e. The van der Waals surface area contributed by atoms with E-state index in [1.807, 2.05) is 26.0 Å². The van der Waals surface area contributed by atoms with Crippen molar-refractivity contribution in [3.8, 4) is 0 Å². The maximum absolute atomic E-state index is 12.1. The summed E-state index contributed by atoms with van der Waals surface area (Å²) < 4.78 is 5.81. The summed E-state index contributed by atoms with van der Waals surface area (Å²) in [6.07, 6.45) is -0.00696. The molecule has 0 fully saturated rings. The lowest BCUT2D eigenvalue weighted by Crippen LogP contribution is -2.21. The van der Waals surface area contributed by atoms with Crippen molar-refractivity contribution in [3.05, 3.63) is 63.6 Å². The lowest BCUT2D eigenvalue weighted by atomic mass is 10.0. The van der Waals surface area contributed by atoms with Gasteiger partial charge in [0.15, 0.2) is 12.4 Å². The Bertz CT molecular complexity index is 815. The van der Waals surface area contributed by atoms with Crippen molar-refractivity contribution < 1.29 is 19.1 Å². The Morgan fingerprint density at radius 1 is 0.962 bits per heavy atom. The SMILES string of the molecule is Cc1ccc(C(=O)CCC(=O)OCC(=O)Nc2ccc(Br)cc2)cc1C. The molecular weight excluding hydrogens is 398 g/mol. The number of esters is 1. The molecular formula is C20H20BrNO4. The molecule has 0 spiro atoms. The topological polar surface area (TPSA) is 72.5 Å². The standard InChI is InChI=1S/C20H20BrNO4/c1-13-3-4-15(11-14(13)2)18(23)9-10-20(25)26-12-19(24)22-17-7-5-16(21)6-8-17/h3-8,11H,9-10,12H2,1-2H3,(H,22,24). The normalized spacial score (nSPS) is 10.3. The van der Waals surface area contributed by atoms with Crippen LogP contribution in [0.25, 0.3) is 0 Å². The maximum atomic E-state index is 12.1. The van der Waals surface area contributed by atoms with Crippen LogP contribution in [-0.4, -0.2) is 24.3 Å². The lowest BCUT2D eigenvalue weighted by Gasteiger charge is -2.07. The van der Waals surface area contributed by atoms with Crippen molar-refractivity contribution in [1.82, 2.24) is 0 Å². The minimum atomic E-state index is -0.576. The highest BCUT2D eigenvalue weighted by molar-refractivity contribution is 9.10. The highest BCUT2D eigenvalue weighted by Crippen LogP contribution is 2.14. The first kappa shape index (κ1) is 19.8. The fourth-order valence-electron chi connectivity index (χ4n) is 2.22. The molecule has 0 saturated carbocycles. The molecule has 0 atom stereocenters. The molecule has 2 aromatic carbocycles. The van der Waals surface area contributed by atoms with Crippen LogP contribution in [-0.2, 0) is 14.3 Å². The van der Waals surface area contributed by atoms with Gasteiger partial charge in [0.1, 0.15) is 0 Å². The number of carbonyl (C=O) groups is 3. The first-order valence-corrected chi connectivity index (χ1v) is 8.96. The number of anilines is 1. The molecule has 1 amide bonds. The van der Waals surface area contributed by atoms with Crippen LogP contribution < -0.4 is 5.32 Å². The molecule has 26 heavy (non-hydrogen) atoms. The molecule has 5 nitrogen and oxygen atoms in total. The molecule has 2 rings (SSSR count). The van der Waals surface area contributed by atoms with Crippen molar-refractivity contribution in [3.63, 3.8) is 0 Å². The number of Topliss-reactive ketones (excluding diaryl/α,β-unsaturated/α-hetero) is 1. The number of hydrogen-bond acceptors (Lipinski definition) is 4. The number of carbonyl (C=O) groups excluding carboxylic acids is 3. The van der Waals surface area contributed by atoms with Crippen LogP contribution in [0.5, 0.6) is 0 Å². The molecule has 1 N–H and O–H groups in total. The largest absolute Gasteiger partial charge is 0.456 e. The van der Waals surface area contributed by atoms with E-state index in [-0.39, 0.29) is 25.2 Å². The molecule has 0 heterocycles. The van der Waals surface area contributed by atoms with Gasteiger partial charge in [0.2, 0.25) is 0 Å². The van der Waals surface area contributed by atoms with Crippen molar-refractivity contribution in [2.24, 2.45) is 0 Å². The number of aryl methyl sites for hydroxylation is 2. The summed E-state index contributed by atoms with van der Waals surface area (Å²) in [6.45, 7) is 3.53. The van der Waals surface area contributed by atoms with Crippen molar-refractivity contribution in [2.45, 2.75) is 26.7 Å². The highest BCUT2D eigenvalue weighted by Gasteiger charge is 2.12. The van der Waals surface area contributed by atoms with Crippen LogP contribution in [0.4, 0.5) is 5.69 Å². The minimum absolute atomic E-state index is 0.0513. The molecule has 0 aliphatic heterocycles. The van der Waals surface area contributed by atoms with Crippen molar-refractivity contribution >= 4 is 39.3 Å². The Labute approximate surface area is 160 Å². The van der Waals surface area contributed by atoms with Gasteiger partial charge in [-0.25, -0.2) is 0 Å². The Hall–Kier alpha value is -2.47. The van der Waals surface area contributed by atoms with E-state index in [1.54, 1.807) is 30.3 Å². The van der Waals surface area contributed by atoms with E-state index >= 15 is 0 Å². The number of ketones is 1. The Balaban J connectivity index is 1.74. The summed E-state index contributed by atoms with van der Waals surface area (Å²) in [7, 11) is 0. The quantitative estimate of drug-likeness (QED) is 0.540. The predicted molar refractivity (Wildman–Crippen MR) is 103 cm³/mol. The predicted octanol–water partition coefficient (Wildman–Crippen LogP) is 4.21. The lowest BCUT2D eigenvalue weighted by molar-refractivity contribution is -0.147. The van der Waals surface area contributed by atoms with Gasteiger partial charge in [0.05, 0.1) is 6.42 Å². The molecule has 136 valence electrons. The average Bonchev–Trinajstić information content (AvgIpc) is 2.62. The zero-order chi connectivity index (χ0) is 19.1.